The first kappa shape index (κ1) is 28.5. The van der Waals surface area contributed by atoms with Crippen molar-refractivity contribution in [2.24, 2.45) is 4.99 Å². The van der Waals surface area contributed by atoms with Crippen molar-refractivity contribution in [3.05, 3.63) is 179 Å². The third kappa shape index (κ3) is 5.03. The molecule has 0 bridgehead atoms. The first-order chi connectivity index (χ1) is 23.7. The van der Waals surface area contributed by atoms with Gasteiger partial charge in [0.25, 0.3) is 0 Å². The Hall–Kier alpha value is -5.68. The second-order valence-electron chi connectivity index (χ2n) is 12.1. The average molecular weight is 640 g/mol. The third-order valence-electron chi connectivity index (χ3n) is 9.26. The van der Waals surface area contributed by atoms with Gasteiger partial charge in [-0.25, -0.2) is 4.99 Å². The Balaban J connectivity index is 1.15. The molecule has 0 spiro atoms. The molecule has 1 aliphatic rings. The summed E-state index contributed by atoms with van der Waals surface area (Å²) in [6.07, 6.45) is -0.421. The highest BCUT2D eigenvalue weighted by Gasteiger charge is 2.27. The van der Waals surface area contributed by atoms with Crippen molar-refractivity contribution < 1.29 is 4.42 Å². The smallest absolute Gasteiger partial charge is 0.136 e. The Kier molecular flexibility index (Phi) is 7.04. The van der Waals surface area contributed by atoms with Gasteiger partial charge >= 0.3 is 0 Å². The highest BCUT2D eigenvalue weighted by Crippen LogP contribution is 2.41. The van der Waals surface area contributed by atoms with Crippen LogP contribution in [-0.4, -0.2) is 5.84 Å². The Morgan fingerprint density at radius 3 is 2.06 bits per heavy atom. The molecule has 2 atom stereocenters. The first-order valence-electron chi connectivity index (χ1n) is 16.1. The predicted molar refractivity (Wildman–Crippen MR) is 198 cm³/mol. The van der Waals surface area contributed by atoms with Gasteiger partial charge < -0.3 is 9.73 Å². The van der Waals surface area contributed by atoms with E-state index < -0.39 is 0 Å². The lowest BCUT2D eigenvalue weighted by molar-refractivity contribution is 0.411. The topological polar surface area (TPSA) is 49.6 Å². The molecule has 2 heterocycles. The molecule has 0 fully saturated rings. The van der Waals surface area contributed by atoms with Crippen LogP contribution in [0.1, 0.15) is 29.0 Å². The van der Waals surface area contributed by atoms with Crippen LogP contribution in [-0.2, 0) is 0 Å². The fourth-order valence-corrected chi connectivity index (χ4v) is 7.14. The second kappa shape index (κ2) is 11.8. The van der Waals surface area contributed by atoms with E-state index in [4.69, 9.17) is 21.0 Å². The molecule has 1 aliphatic heterocycles. The zero-order chi connectivity index (χ0) is 32.0. The van der Waals surface area contributed by atoms with E-state index in [1.807, 2.05) is 36.4 Å². The summed E-state index contributed by atoms with van der Waals surface area (Å²) in [5.41, 5.74) is 9.60. The van der Waals surface area contributed by atoms with Crippen LogP contribution in [0.5, 0.6) is 0 Å². The van der Waals surface area contributed by atoms with E-state index in [9.17, 15) is 0 Å². The molecule has 230 valence electrons. The van der Waals surface area contributed by atoms with Gasteiger partial charge in [-0.15, -0.1) is 0 Å². The van der Waals surface area contributed by atoms with Crippen molar-refractivity contribution in [1.82, 2.24) is 10.6 Å². The predicted octanol–water partition coefficient (Wildman–Crippen LogP) is 11.1. The van der Waals surface area contributed by atoms with Crippen LogP contribution in [0.4, 0.5) is 0 Å². The van der Waals surface area contributed by atoms with Gasteiger partial charge in [-0.3, -0.25) is 5.32 Å². The van der Waals surface area contributed by atoms with E-state index in [2.05, 4.69) is 132 Å². The zero-order valence-corrected chi connectivity index (χ0v) is 26.7. The van der Waals surface area contributed by atoms with Gasteiger partial charge in [0.1, 0.15) is 29.3 Å². The van der Waals surface area contributed by atoms with Crippen molar-refractivity contribution in [2.75, 3.05) is 0 Å². The second-order valence-corrected chi connectivity index (χ2v) is 12.6. The number of hydrogen-bond acceptors (Lipinski definition) is 4. The molecule has 48 heavy (non-hydrogen) atoms. The van der Waals surface area contributed by atoms with Gasteiger partial charge in [0.2, 0.25) is 0 Å². The lowest BCUT2D eigenvalue weighted by Gasteiger charge is -2.33. The van der Waals surface area contributed by atoms with Gasteiger partial charge in [-0.1, -0.05) is 145 Å². The number of fused-ring (bicyclic) bond motifs is 4. The Bertz CT molecular complexity index is 2470. The maximum atomic E-state index is 6.46. The molecule has 5 heteroatoms. The molecule has 9 rings (SSSR count). The average Bonchev–Trinajstić information content (AvgIpc) is 3.53. The molecule has 0 saturated heterocycles. The molecule has 0 aliphatic carbocycles. The molecule has 0 radical (unpaired) electrons. The monoisotopic (exact) mass is 639 g/mol. The zero-order valence-electron chi connectivity index (χ0n) is 25.9. The maximum Gasteiger partial charge on any atom is 0.136 e. The molecule has 1 aromatic heterocycles. The Morgan fingerprint density at radius 2 is 1.23 bits per heavy atom. The van der Waals surface area contributed by atoms with Crippen molar-refractivity contribution in [1.29, 1.82) is 0 Å². The van der Waals surface area contributed by atoms with Gasteiger partial charge in [-0.05, 0) is 68.4 Å². The summed E-state index contributed by atoms with van der Waals surface area (Å²) < 4.78 is 6.25. The van der Waals surface area contributed by atoms with Gasteiger partial charge in [-0.2, -0.15) is 0 Å². The number of nitrogens with zero attached hydrogens (tertiary/aromatic N) is 1. The summed E-state index contributed by atoms with van der Waals surface area (Å²) in [6.45, 7) is 0. The quantitative estimate of drug-likeness (QED) is 0.197. The number of nitrogens with one attached hydrogen (secondary N) is 2. The van der Waals surface area contributed by atoms with Crippen LogP contribution in [0.2, 0.25) is 5.02 Å². The van der Waals surface area contributed by atoms with Gasteiger partial charge in [0.15, 0.2) is 0 Å². The van der Waals surface area contributed by atoms with E-state index in [0.29, 0.717) is 5.02 Å². The fraction of sp³-hybridized carbons (Fsp3) is 0.0465. The number of rotatable bonds is 5. The van der Waals surface area contributed by atoms with Crippen LogP contribution >= 0.6 is 11.6 Å². The summed E-state index contributed by atoms with van der Waals surface area (Å²) in [5.74, 6) is 0.854. The molecule has 2 N–H and O–H groups in total. The summed E-state index contributed by atoms with van der Waals surface area (Å²) in [4.78, 5) is 5.18. The van der Waals surface area contributed by atoms with Crippen LogP contribution in [0.3, 0.4) is 0 Å². The summed E-state index contributed by atoms with van der Waals surface area (Å²) in [6, 6.07) is 54.7. The highest BCUT2D eigenvalue weighted by atomic mass is 35.5. The van der Waals surface area contributed by atoms with E-state index in [0.717, 1.165) is 66.4 Å². The number of furan rings is 1. The van der Waals surface area contributed by atoms with Crippen LogP contribution in [0.25, 0.3) is 55.0 Å². The van der Waals surface area contributed by atoms with Crippen LogP contribution < -0.4 is 10.6 Å². The minimum absolute atomic E-state index is 0.195. The lowest BCUT2D eigenvalue weighted by Crippen LogP contribution is -2.45. The van der Waals surface area contributed by atoms with Crippen molar-refractivity contribution in [3.8, 4) is 22.3 Å². The molecule has 7 aromatic carbocycles. The van der Waals surface area contributed by atoms with Gasteiger partial charge in [0.05, 0.1) is 0 Å². The van der Waals surface area contributed by atoms with Crippen LogP contribution in [0.15, 0.2) is 167 Å². The lowest BCUT2D eigenvalue weighted by atomic mass is 9.92. The minimum atomic E-state index is -0.226. The number of amidine groups is 1. The third-order valence-corrected chi connectivity index (χ3v) is 9.49. The SMILES string of the molecule is Clc1ccc2oc3cccc(-c4cccc5c(C6NC(c7ccc(-c8ccccc8)cc7)=NC(c7ccccc7)N6)cccc45)c3c2c1. The molecule has 0 saturated carbocycles. The van der Waals surface area contributed by atoms with Crippen LogP contribution in [0, 0.1) is 0 Å². The Morgan fingerprint density at radius 1 is 0.542 bits per heavy atom. The minimum Gasteiger partial charge on any atom is -0.456 e. The van der Waals surface area contributed by atoms with Crippen molar-refractivity contribution in [3.63, 3.8) is 0 Å². The standard InChI is InChI=1S/C43H30ClN3O/c44-31-24-25-38-37(26-31)40-35(17-9-19-39(40)48-38)33-15-7-16-34-32(33)14-8-18-36(34)43-46-41(29-12-5-2-6-13-29)45-42(47-43)30-22-20-28(21-23-30)27-10-3-1-4-11-27/h1-26,41,43,46H,(H,45,47). The normalized spacial score (nSPS) is 16.2. The molecule has 8 aromatic rings. The number of hydrogen-bond donors (Lipinski definition) is 2. The summed E-state index contributed by atoms with van der Waals surface area (Å²) >= 11 is 6.46. The summed E-state index contributed by atoms with van der Waals surface area (Å²) in [5, 5.41) is 12.7. The van der Waals surface area contributed by atoms with E-state index in [1.54, 1.807) is 0 Å². The van der Waals surface area contributed by atoms with E-state index in [-0.39, 0.29) is 12.3 Å². The Labute approximate surface area is 283 Å². The molecule has 2 unspecified atom stereocenters. The number of aliphatic imine (C=N–C) groups is 1. The fourth-order valence-electron chi connectivity index (χ4n) is 6.97. The van der Waals surface area contributed by atoms with Gasteiger partial charge in [0, 0.05) is 21.4 Å². The number of halogens is 1. The molecular formula is C43H30ClN3O. The molecular weight excluding hydrogens is 610 g/mol. The summed E-state index contributed by atoms with van der Waals surface area (Å²) in [7, 11) is 0. The van der Waals surface area contributed by atoms with Crippen molar-refractivity contribution >= 4 is 50.1 Å². The van der Waals surface area contributed by atoms with E-state index in [1.165, 1.54) is 11.1 Å². The van der Waals surface area contributed by atoms with E-state index >= 15 is 0 Å². The largest absolute Gasteiger partial charge is 0.456 e. The first-order valence-corrected chi connectivity index (χ1v) is 16.5. The maximum absolute atomic E-state index is 6.46. The highest BCUT2D eigenvalue weighted by molar-refractivity contribution is 6.32. The van der Waals surface area contributed by atoms with Crippen molar-refractivity contribution in [2.45, 2.75) is 12.3 Å². The molecule has 4 nitrogen and oxygen atoms in total. The molecule has 0 amide bonds. The number of benzene rings is 7.